The minimum atomic E-state index is -0.618. The Balaban J connectivity index is 2.15. The first-order valence-electron chi connectivity index (χ1n) is 6.96. The van der Waals surface area contributed by atoms with Crippen molar-refractivity contribution in [1.82, 2.24) is 4.90 Å². The molecule has 0 saturated carbocycles. The van der Waals surface area contributed by atoms with Crippen LogP contribution < -0.4 is 0 Å². The van der Waals surface area contributed by atoms with E-state index in [0.29, 0.717) is 6.54 Å². The summed E-state index contributed by atoms with van der Waals surface area (Å²) in [6.45, 7) is 5.85. The second kappa shape index (κ2) is 5.76. The van der Waals surface area contributed by atoms with Crippen molar-refractivity contribution in [2.75, 3.05) is 13.7 Å². The van der Waals surface area contributed by atoms with Crippen LogP contribution in [0.1, 0.15) is 32.3 Å². The van der Waals surface area contributed by atoms with Gasteiger partial charge < -0.3 is 9.47 Å². The zero-order chi connectivity index (χ0) is 15.6. The Hall–Kier alpha value is -2.04. The quantitative estimate of drug-likeness (QED) is 0.786. The molecule has 0 unspecified atom stereocenters. The molecule has 0 bridgehead atoms. The second-order valence-corrected chi connectivity index (χ2v) is 6.12. The fraction of sp³-hybridized carbons (Fsp3) is 0.500. The van der Waals surface area contributed by atoms with Crippen molar-refractivity contribution in [3.63, 3.8) is 0 Å². The average molecular weight is 291 g/mol. The Kier molecular flexibility index (Phi) is 4.21. The molecule has 5 nitrogen and oxygen atoms in total. The fourth-order valence-corrected chi connectivity index (χ4v) is 2.41. The molecule has 0 spiro atoms. The predicted molar refractivity (Wildman–Crippen MR) is 77.9 cm³/mol. The van der Waals surface area contributed by atoms with Crippen LogP contribution in [0.3, 0.4) is 0 Å². The molecule has 0 aliphatic carbocycles. The molecule has 1 heterocycles. The molecule has 1 aliphatic rings. The number of hydrogen-bond acceptors (Lipinski definition) is 4. The molecule has 1 fully saturated rings. The van der Waals surface area contributed by atoms with Gasteiger partial charge in [-0.15, -0.1) is 0 Å². The van der Waals surface area contributed by atoms with Gasteiger partial charge in [0.1, 0.15) is 11.6 Å². The standard InChI is InChI=1S/C16H21NO4/c1-16(2,3)21-15(19)17-10-12(13(17)14(18)20-4)11-8-6-5-7-9-11/h5-9,12-13H,10H2,1-4H3/t12-,13+/m1/s1. The van der Waals surface area contributed by atoms with Gasteiger partial charge >= 0.3 is 12.1 Å². The van der Waals surface area contributed by atoms with E-state index in [2.05, 4.69) is 0 Å². The number of rotatable bonds is 2. The van der Waals surface area contributed by atoms with Crippen molar-refractivity contribution in [3.8, 4) is 0 Å². The highest BCUT2D eigenvalue weighted by molar-refractivity contribution is 5.85. The summed E-state index contributed by atoms with van der Waals surface area (Å²) in [6.07, 6.45) is -0.481. The van der Waals surface area contributed by atoms with E-state index in [9.17, 15) is 9.59 Å². The van der Waals surface area contributed by atoms with Gasteiger partial charge in [-0.2, -0.15) is 0 Å². The number of carbonyl (C=O) groups is 2. The van der Waals surface area contributed by atoms with E-state index in [4.69, 9.17) is 9.47 Å². The summed E-state index contributed by atoms with van der Waals surface area (Å²) in [6, 6.07) is 9.04. The molecule has 21 heavy (non-hydrogen) atoms. The molecule has 5 heteroatoms. The zero-order valence-corrected chi connectivity index (χ0v) is 12.8. The maximum absolute atomic E-state index is 12.1. The third kappa shape index (κ3) is 3.35. The SMILES string of the molecule is COC(=O)[C@@H]1[C@@H](c2ccccc2)CN1C(=O)OC(C)(C)C. The lowest BCUT2D eigenvalue weighted by Crippen LogP contribution is -2.61. The van der Waals surface area contributed by atoms with E-state index in [1.165, 1.54) is 12.0 Å². The van der Waals surface area contributed by atoms with Crippen LogP contribution in [0.5, 0.6) is 0 Å². The monoisotopic (exact) mass is 291 g/mol. The predicted octanol–water partition coefficient (Wildman–Crippen LogP) is 2.56. The van der Waals surface area contributed by atoms with E-state index in [1.54, 1.807) is 20.8 Å². The maximum Gasteiger partial charge on any atom is 0.411 e. The number of ether oxygens (including phenoxy) is 2. The highest BCUT2D eigenvalue weighted by Crippen LogP contribution is 2.35. The first-order chi connectivity index (χ1) is 9.83. The van der Waals surface area contributed by atoms with Crippen LogP contribution in [0.25, 0.3) is 0 Å². The Morgan fingerprint density at radius 1 is 1.19 bits per heavy atom. The maximum atomic E-state index is 12.1. The van der Waals surface area contributed by atoms with Crippen molar-refractivity contribution in [2.24, 2.45) is 0 Å². The van der Waals surface area contributed by atoms with Crippen molar-refractivity contribution >= 4 is 12.1 Å². The smallest absolute Gasteiger partial charge is 0.411 e. The summed E-state index contributed by atoms with van der Waals surface area (Å²) < 4.78 is 10.2. The number of nitrogens with zero attached hydrogens (tertiary/aromatic N) is 1. The normalized spacial score (nSPS) is 21.4. The molecule has 2 rings (SSSR count). The number of benzene rings is 1. The van der Waals surface area contributed by atoms with Crippen LogP contribution in [-0.2, 0) is 14.3 Å². The molecule has 114 valence electrons. The van der Waals surface area contributed by atoms with Crippen LogP contribution in [0, 0.1) is 0 Å². The van der Waals surface area contributed by atoms with Gasteiger partial charge in [-0.1, -0.05) is 30.3 Å². The zero-order valence-electron chi connectivity index (χ0n) is 12.8. The minimum Gasteiger partial charge on any atom is -0.467 e. The molecular weight excluding hydrogens is 270 g/mol. The van der Waals surface area contributed by atoms with E-state index in [1.807, 2.05) is 30.3 Å². The minimum absolute atomic E-state index is 0.0498. The van der Waals surface area contributed by atoms with Crippen molar-refractivity contribution in [1.29, 1.82) is 0 Å². The second-order valence-electron chi connectivity index (χ2n) is 6.12. The summed E-state index contributed by atoms with van der Waals surface area (Å²) in [7, 11) is 1.33. The lowest BCUT2D eigenvalue weighted by atomic mass is 9.83. The van der Waals surface area contributed by atoms with Crippen molar-refractivity contribution in [3.05, 3.63) is 35.9 Å². The van der Waals surface area contributed by atoms with Gasteiger partial charge in [0, 0.05) is 12.5 Å². The third-order valence-corrected chi connectivity index (χ3v) is 3.41. The molecule has 0 N–H and O–H groups in total. The first-order valence-corrected chi connectivity index (χ1v) is 6.96. The van der Waals surface area contributed by atoms with E-state index < -0.39 is 23.7 Å². The highest BCUT2D eigenvalue weighted by Gasteiger charge is 2.49. The van der Waals surface area contributed by atoms with Gasteiger partial charge in [-0.25, -0.2) is 9.59 Å². The highest BCUT2D eigenvalue weighted by atomic mass is 16.6. The van der Waals surface area contributed by atoms with Crippen LogP contribution in [0.4, 0.5) is 4.79 Å². The van der Waals surface area contributed by atoms with Gasteiger partial charge in [0.15, 0.2) is 0 Å². The lowest BCUT2D eigenvalue weighted by Gasteiger charge is -2.46. The average Bonchev–Trinajstić information content (AvgIpc) is 2.36. The number of amides is 1. The summed E-state index contributed by atoms with van der Waals surface area (Å²) >= 11 is 0. The summed E-state index contributed by atoms with van der Waals surface area (Å²) in [4.78, 5) is 25.6. The van der Waals surface area contributed by atoms with Gasteiger partial charge in [0.05, 0.1) is 7.11 Å². The molecule has 0 radical (unpaired) electrons. The molecule has 1 aromatic rings. The van der Waals surface area contributed by atoms with E-state index in [0.717, 1.165) is 5.56 Å². The van der Waals surface area contributed by atoms with Crippen LogP contribution in [0.15, 0.2) is 30.3 Å². The largest absolute Gasteiger partial charge is 0.467 e. The van der Waals surface area contributed by atoms with E-state index in [-0.39, 0.29) is 5.92 Å². The molecule has 1 aromatic carbocycles. The Morgan fingerprint density at radius 3 is 2.33 bits per heavy atom. The molecule has 1 amide bonds. The van der Waals surface area contributed by atoms with Gasteiger partial charge in [0.2, 0.25) is 0 Å². The molecule has 2 atom stereocenters. The van der Waals surface area contributed by atoms with Gasteiger partial charge in [0.25, 0.3) is 0 Å². The Labute approximate surface area is 124 Å². The topological polar surface area (TPSA) is 55.8 Å². The summed E-state index contributed by atoms with van der Waals surface area (Å²) in [5.41, 5.74) is 0.433. The van der Waals surface area contributed by atoms with Gasteiger partial charge in [-0.3, -0.25) is 4.90 Å². The van der Waals surface area contributed by atoms with Gasteiger partial charge in [-0.05, 0) is 26.3 Å². The molecular formula is C16H21NO4. The van der Waals surface area contributed by atoms with E-state index >= 15 is 0 Å². The molecule has 1 aliphatic heterocycles. The summed E-state index contributed by atoms with van der Waals surface area (Å²) in [5, 5.41) is 0. The number of methoxy groups -OCH3 is 1. The van der Waals surface area contributed by atoms with Crippen LogP contribution in [-0.4, -0.2) is 42.3 Å². The number of hydrogen-bond donors (Lipinski definition) is 0. The van der Waals surface area contributed by atoms with Crippen molar-refractivity contribution < 1.29 is 19.1 Å². The van der Waals surface area contributed by atoms with Crippen molar-refractivity contribution in [2.45, 2.75) is 38.3 Å². The first kappa shape index (κ1) is 15.4. The number of carbonyl (C=O) groups excluding carboxylic acids is 2. The fourth-order valence-electron chi connectivity index (χ4n) is 2.41. The third-order valence-electron chi connectivity index (χ3n) is 3.41. The number of likely N-dealkylation sites (tertiary alicyclic amines) is 1. The molecule has 0 aromatic heterocycles. The Morgan fingerprint density at radius 2 is 1.81 bits per heavy atom. The van der Waals surface area contributed by atoms with Crippen LogP contribution in [0.2, 0.25) is 0 Å². The summed E-state index contributed by atoms with van der Waals surface area (Å²) in [5.74, 6) is -0.466. The van der Waals surface area contributed by atoms with Crippen LogP contribution >= 0.6 is 0 Å². The number of esters is 1. The lowest BCUT2D eigenvalue weighted by molar-refractivity contribution is -0.153. The Bertz CT molecular complexity index is 521. The molecule has 1 saturated heterocycles.